The standard InChI is InChI=1S/C13H17N3O3/c1-3-12-15-13(19-16-12)8-18-11-5-4-10(17-2)6-9(11)7-14/h4-6H,3,7-8,14H2,1-2H3. The Morgan fingerprint density at radius 2 is 2.21 bits per heavy atom. The van der Waals surface area contributed by atoms with Crippen molar-refractivity contribution in [2.24, 2.45) is 5.73 Å². The van der Waals surface area contributed by atoms with E-state index in [1.54, 1.807) is 7.11 Å². The highest BCUT2D eigenvalue weighted by Gasteiger charge is 2.08. The summed E-state index contributed by atoms with van der Waals surface area (Å²) < 4.78 is 15.8. The second-order valence-electron chi connectivity index (χ2n) is 3.92. The van der Waals surface area contributed by atoms with Crippen molar-refractivity contribution in [2.75, 3.05) is 7.11 Å². The molecule has 19 heavy (non-hydrogen) atoms. The summed E-state index contributed by atoms with van der Waals surface area (Å²) in [6.45, 7) is 2.56. The molecule has 0 saturated heterocycles. The third-order valence-corrected chi connectivity index (χ3v) is 2.67. The first-order valence-electron chi connectivity index (χ1n) is 6.08. The molecule has 0 radical (unpaired) electrons. The minimum atomic E-state index is 0.229. The van der Waals surface area contributed by atoms with Gasteiger partial charge in [0.1, 0.15) is 11.5 Å². The molecule has 1 aromatic heterocycles. The molecule has 1 heterocycles. The predicted octanol–water partition coefficient (Wildman–Crippen LogP) is 1.68. The number of ether oxygens (including phenoxy) is 2. The summed E-state index contributed by atoms with van der Waals surface area (Å²) >= 11 is 0. The van der Waals surface area contributed by atoms with Crippen LogP contribution in [0.15, 0.2) is 22.7 Å². The average Bonchev–Trinajstić information content (AvgIpc) is 2.92. The quantitative estimate of drug-likeness (QED) is 0.853. The van der Waals surface area contributed by atoms with E-state index in [0.29, 0.717) is 24.0 Å². The lowest BCUT2D eigenvalue weighted by Crippen LogP contribution is -2.03. The van der Waals surface area contributed by atoms with Crippen LogP contribution in [0.5, 0.6) is 11.5 Å². The van der Waals surface area contributed by atoms with Gasteiger partial charge >= 0.3 is 0 Å². The lowest BCUT2D eigenvalue weighted by molar-refractivity contribution is 0.240. The van der Waals surface area contributed by atoms with Crippen molar-refractivity contribution in [2.45, 2.75) is 26.5 Å². The summed E-state index contributed by atoms with van der Waals surface area (Å²) in [6, 6.07) is 5.48. The topological polar surface area (TPSA) is 83.4 Å². The van der Waals surface area contributed by atoms with Gasteiger partial charge in [0.2, 0.25) is 0 Å². The van der Waals surface area contributed by atoms with Gasteiger partial charge in [0.05, 0.1) is 7.11 Å². The van der Waals surface area contributed by atoms with Gasteiger partial charge in [0, 0.05) is 18.5 Å². The van der Waals surface area contributed by atoms with Crippen molar-refractivity contribution < 1.29 is 14.0 Å². The van der Waals surface area contributed by atoms with E-state index in [1.807, 2.05) is 25.1 Å². The molecule has 0 aliphatic carbocycles. The van der Waals surface area contributed by atoms with Crippen LogP contribution in [0.25, 0.3) is 0 Å². The van der Waals surface area contributed by atoms with Crippen LogP contribution in [-0.2, 0) is 19.6 Å². The molecular weight excluding hydrogens is 246 g/mol. The summed E-state index contributed by atoms with van der Waals surface area (Å²) in [6.07, 6.45) is 0.736. The molecular formula is C13H17N3O3. The third-order valence-electron chi connectivity index (χ3n) is 2.67. The van der Waals surface area contributed by atoms with E-state index in [1.165, 1.54) is 0 Å². The Balaban J connectivity index is 2.06. The SMILES string of the molecule is CCc1noc(COc2ccc(OC)cc2CN)n1. The second kappa shape index (κ2) is 6.19. The van der Waals surface area contributed by atoms with Gasteiger partial charge < -0.3 is 19.7 Å². The van der Waals surface area contributed by atoms with E-state index < -0.39 is 0 Å². The molecule has 0 fully saturated rings. The van der Waals surface area contributed by atoms with Gasteiger partial charge in [-0.15, -0.1) is 0 Å². The molecule has 1 aromatic carbocycles. The van der Waals surface area contributed by atoms with E-state index in [9.17, 15) is 0 Å². The zero-order valence-electron chi connectivity index (χ0n) is 11.0. The molecule has 0 atom stereocenters. The normalized spacial score (nSPS) is 10.5. The fourth-order valence-electron chi connectivity index (χ4n) is 1.61. The lowest BCUT2D eigenvalue weighted by Gasteiger charge is -2.10. The van der Waals surface area contributed by atoms with Gasteiger partial charge in [0.15, 0.2) is 12.4 Å². The van der Waals surface area contributed by atoms with Crippen LogP contribution in [0.4, 0.5) is 0 Å². The minimum Gasteiger partial charge on any atom is -0.497 e. The Morgan fingerprint density at radius 1 is 1.37 bits per heavy atom. The first-order valence-corrected chi connectivity index (χ1v) is 6.08. The van der Waals surface area contributed by atoms with Crippen LogP contribution in [-0.4, -0.2) is 17.3 Å². The molecule has 2 aromatic rings. The molecule has 0 saturated carbocycles. The number of nitrogens with zero attached hydrogens (tertiary/aromatic N) is 2. The second-order valence-corrected chi connectivity index (χ2v) is 3.92. The Hall–Kier alpha value is -2.08. The molecule has 6 heteroatoms. The summed E-state index contributed by atoms with van der Waals surface area (Å²) in [7, 11) is 1.61. The van der Waals surface area contributed by atoms with E-state index in [2.05, 4.69) is 10.1 Å². The number of nitrogens with two attached hydrogens (primary N) is 1. The van der Waals surface area contributed by atoms with Crippen molar-refractivity contribution >= 4 is 0 Å². The van der Waals surface area contributed by atoms with Crippen LogP contribution in [0.3, 0.4) is 0 Å². The predicted molar refractivity (Wildman–Crippen MR) is 68.9 cm³/mol. The molecule has 2 N–H and O–H groups in total. The van der Waals surface area contributed by atoms with Crippen LogP contribution >= 0.6 is 0 Å². The fraction of sp³-hybridized carbons (Fsp3) is 0.385. The molecule has 0 spiro atoms. The Kier molecular flexibility index (Phi) is 4.35. The Labute approximate surface area is 111 Å². The number of hydrogen-bond donors (Lipinski definition) is 1. The van der Waals surface area contributed by atoms with Crippen molar-refractivity contribution in [1.82, 2.24) is 10.1 Å². The summed E-state index contributed by atoms with van der Waals surface area (Å²) in [5.74, 6) is 2.57. The zero-order chi connectivity index (χ0) is 13.7. The van der Waals surface area contributed by atoms with E-state index >= 15 is 0 Å². The van der Waals surface area contributed by atoms with Gasteiger partial charge in [-0.25, -0.2) is 0 Å². The Morgan fingerprint density at radius 3 is 2.84 bits per heavy atom. The molecule has 0 aliphatic heterocycles. The zero-order valence-corrected chi connectivity index (χ0v) is 11.0. The van der Waals surface area contributed by atoms with Crippen molar-refractivity contribution in [3.05, 3.63) is 35.5 Å². The van der Waals surface area contributed by atoms with Gasteiger partial charge in [-0.3, -0.25) is 0 Å². The van der Waals surface area contributed by atoms with Gasteiger partial charge in [-0.2, -0.15) is 4.98 Å². The molecule has 0 unspecified atom stereocenters. The molecule has 0 bridgehead atoms. The number of aromatic nitrogens is 2. The number of benzene rings is 1. The maximum atomic E-state index is 5.68. The molecule has 2 rings (SSSR count). The maximum absolute atomic E-state index is 5.68. The monoisotopic (exact) mass is 263 g/mol. The lowest BCUT2D eigenvalue weighted by atomic mass is 10.2. The van der Waals surface area contributed by atoms with Crippen molar-refractivity contribution in [3.8, 4) is 11.5 Å². The van der Waals surface area contributed by atoms with Crippen molar-refractivity contribution in [1.29, 1.82) is 0 Å². The largest absolute Gasteiger partial charge is 0.497 e. The number of hydrogen-bond acceptors (Lipinski definition) is 6. The van der Waals surface area contributed by atoms with Crippen LogP contribution in [0.1, 0.15) is 24.2 Å². The molecule has 0 amide bonds. The van der Waals surface area contributed by atoms with Gasteiger partial charge in [-0.1, -0.05) is 12.1 Å². The molecule has 0 aliphatic rings. The van der Waals surface area contributed by atoms with Crippen LogP contribution in [0.2, 0.25) is 0 Å². The fourth-order valence-corrected chi connectivity index (χ4v) is 1.61. The molecule has 6 nitrogen and oxygen atoms in total. The van der Waals surface area contributed by atoms with E-state index in [-0.39, 0.29) is 6.61 Å². The minimum absolute atomic E-state index is 0.229. The first kappa shape index (κ1) is 13.4. The summed E-state index contributed by atoms with van der Waals surface area (Å²) in [5.41, 5.74) is 6.55. The third kappa shape index (κ3) is 3.23. The number of aryl methyl sites for hydroxylation is 1. The van der Waals surface area contributed by atoms with Crippen LogP contribution in [0, 0.1) is 0 Å². The smallest absolute Gasteiger partial charge is 0.264 e. The van der Waals surface area contributed by atoms with Crippen LogP contribution < -0.4 is 15.2 Å². The number of rotatable bonds is 6. The highest BCUT2D eigenvalue weighted by molar-refractivity contribution is 5.40. The van der Waals surface area contributed by atoms with E-state index in [4.69, 9.17) is 19.7 Å². The summed E-state index contributed by atoms with van der Waals surface area (Å²) in [5, 5.41) is 3.81. The average molecular weight is 263 g/mol. The van der Waals surface area contributed by atoms with Gasteiger partial charge in [-0.05, 0) is 18.2 Å². The maximum Gasteiger partial charge on any atom is 0.264 e. The number of methoxy groups -OCH3 is 1. The first-order chi connectivity index (χ1) is 9.26. The van der Waals surface area contributed by atoms with Crippen molar-refractivity contribution in [3.63, 3.8) is 0 Å². The summed E-state index contributed by atoms with van der Waals surface area (Å²) in [4.78, 5) is 4.17. The highest BCUT2D eigenvalue weighted by atomic mass is 16.5. The molecule has 102 valence electrons. The highest BCUT2D eigenvalue weighted by Crippen LogP contribution is 2.24. The Bertz CT molecular complexity index is 540. The van der Waals surface area contributed by atoms with E-state index in [0.717, 1.165) is 17.7 Å². The van der Waals surface area contributed by atoms with Gasteiger partial charge in [0.25, 0.3) is 5.89 Å².